The van der Waals surface area contributed by atoms with Crippen LogP contribution in [0, 0.1) is 23.7 Å². The second-order valence-corrected chi connectivity index (χ2v) is 18.6. The highest BCUT2D eigenvalue weighted by atomic mass is 15.1. The molecule has 2 heteroatoms. The molecule has 276 valence electrons. The summed E-state index contributed by atoms with van der Waals surface area (Å²) < 4.78 is 2.43. The van der Waals surface area contributed by atoms with Crippen LogP contribution in [0.3, 0.4) is 0 Å². The first-order valence-corrected chi connectivity index (χ1v) is 21.4. The third kappa shape index (κ3) is 4.21. The number of rotatable bonds is 4. The number of aromatic nitrogens is 1. The van der Waals surface area contributed by atoms with Gasteiger partial charge in [0.15, 0.2) is 0 Å². The average Bonchev–Trinajstić information content (AvgIpc) is 3.81. The molecule has 4 fully saturated rings. The van der Waals surface area contributed by atoms with Crippen LogP contribution in [0.4, 0.5) is 17.1 Å². The molecule has 0 N–H and O–H groups in total. The first-order valence-electron chi connectivity index (χ1n) is 21.4. The summed E-state index contributed by atoms with van der Waals surface area (Å²) >= 11 is 0. The minimum Gasteiger partial charge on any atom is -0.310 e. The minimum absolute atomic E-state index is 0.0853. The summed E-state index contributed by atoms with van der Waals surface area (Å²) in [5, 5.41) is 2.58. The molecular weight excluding hydrogens is 689 g/mol. The first kappa shape index (κ1) is 32.2. The highest BCUT2D eigenvalue weighted by Gasteiger charge is 2.61. The quantitative estimate of drug-likeness (QED) is 0.175. The maximum Gasteiger partial charge on any atom is 0.0541 e. The molecule has 1 heterocycles. The van der Waals surface area contributed by atoms with E-state index in [1.807, 2.05) is 0 Å². The molecule has 0 atom stereocenters. The Hall–Kier alpha value is -5.86. The molecule has 0 unspecified atom stereocenters. The van der Waals surface area contributed by atoms with E-state index in [0.717, 1.165) is 23.7 Å². The van der Waals surface area contributed by atoms with Crippen LogP contribution in [0.5, 0.6) is 0 Å². The van der Waals surface area contributed by atoms with Crippen LogP contribution in [-0.2, 0) is 10.8 Å². The Balaban J connectivity index is 1.01. The highest BCUT2D eigenvalue weighted by molar-refractivity contribution is 6.09. The molecule has 6 aliphatic carbocycles. The number of benzene rings is 7. The molecule has 1 spiro atoms. The molecule has 0 radical (unpaired) electrons. The Kier molecular flexibility index (Phi) is 6.44. The van der Waals surface area contributed by atoms with Gasteiger partial charge in [-0.3, -0.25) is 0 Å². The largest absolute Gasteiger partial charge is 0.310 e. The normalized spacial score (nSPS) is 24.2. The van der Waals surface area contributed by atoms with Crippen molar-refractivity contribution in [2.24, 2.45) is 23.7 Å². The van der Waals surface area contributed by atoms with E-state index >= 15 is 0 Å². The lowest BCUT2D eigenvalue weighted by Gasteiger charge is -2.61. The lowest BCUT2D eigenvalue weighted by Crippen LogP contribution is -2.55. The summed E-state index contributed by atoms with van der Waals surface area (Å²) in [4.78, 5) is 2.56. The van der Waals surface area contributed by atoms with Crippen LogP contribution in [0.1, 0.15) is 68.2 Å². The summed E-state index contributed by atoms with van der Waals surface area (Å²) in [6, 6.07) is 60.3. The molecule has 0 aliphatic heterocycles. The van der Waals surface area contributed by atoms with Crippen molar-refractivity contribution < 1.29 is 0 Å². The maximum absolute atomic E-state index is 2.64. The molecule has 57 heavy (non-hydrogen) atoms. The summed E-state index contributed by atoms with van der Waals surface area (Å²) in [6.07, 6.45) is 7.02. The van der Waals surface area contributed by atoms with E-state index < -0.39 is 0 Å². The number of hydrogen-bond donors (Lipinski definition) is 0. The standard InChI is InChI=1S/C55H46N2/c1-54(2)48-15-7-3-11-42(48)44-25-23-40(32-50(44)54)56(38-19-21-39(22-20-38)57-52-17-9-5-13-46(52)47-14-6-10-18-53(47)57)41-24-26-45-43-12-4-8-16-49(43)55(51(45)33-41)36-28-34-27-35(30-36)31-37(55)29-34/h3-26,32-37H,27-31H2,1-2H3. The van der Waals surface area contributed by atoms with E-state index in [1.54, 1.807) is 11.1 Å². The van der Waals surface area contributed by atoms with Crippen molar-refractivity contribution >= 4 is 38.9 Å². The van der Waals surface area contributed by atoms with E-state index in [9.17, 15) is 0 Å². The van der Waals surface area contributed by atoms with E-state index in [1.165, 1.54) is 110 Å². The van der Waals surface area contributed by atoms with E-state index in [2.05, 4.69) is 181 Å². The maximum atomic E-state index is 2.64. The van der Waals surface area contributed by atoms with Crippen LogP contribution in [0.25, 0.3) is 49.7 Å². The lowest BCUT2D eigenvalue weighted by atomic mass is 9.43. The monoisotopic (exact) mass is 734 g/mol. The number of fused-ring (bicyclic) bond motifs is 9. The van der Waals surface area contributed by atoms with Crippen molar-refractivity contribution in [2.45, 2.75) is 56.8 Å². The molecule has 0 amide bonds. The fourth-order valence-electron chi connectivity index (χ4n) is 13.5. The number of para-hydroxylation sites is 2. The molecule has 4 bridgehead atoms. The van der Waals surface area contributed by atoms with Gasteiger partial charge in [0, 0.05) is 44.4 Å². The van der Waals surface area contributed by atoms with Crippen molar-refractivity contribution in [1.82, 2.24) is 4.57 Å². The van der Waals surface area contributed by atoms with Crippen molar-refractivity contribution in [1.29, 1.82) is 0 Å². The van der Waals surface area contributed by atoms with Crippen LogP contribution in [0.2, 0.25) is 0 Å². The Bertz CT molecular complexity index is 2880. The second kappa shape index (κ2) is 11.4. The van der Waals surface area contributed by atoms with E-state index in [4.69, 9.17) is 0 Å². The van der Waals surface area contributed by atoms with Crippen LogP contribution < -0.4 is 4.90 Å². The van der Waals surface area contributed by atoms with Gasteiger partial charge in [0.1, 0.15) is 0 Å². The Morgan fingerprint density at radius 3 is 1.54 bits per heavy atom. The highest BCUT2D eigenvalue weighted by Crippen LogP contribution is 2.69. The molecule has 2 nitrogen and oxygen atoms in total. The number of hydrogen-bond acceptors (Lipinski definition) is 1. The van der Waals surface area contributed by atoms with Crippen LogP contribution in [-0.4, -0.2) is 4.57 Å². The molecule has 6 aliphatic rings. The molecule has 4 saturated carbocycles. The van der Waals surface area contributed by atoms with E-state index in [-0.39, 0.29) is 10.8 Å². The SMILES string of the molecule is CC1(C)c2ccccc2-c2ccc(N(c3ccc(-n4c5ccccc5c5ccccc54)cc3)c3ccc4c(c3)C3(c5ccccc5-4)C4CC5CC(C4)CC3C5)cc21. The third-order valence-electron chi connectivity index (χ3n) is 15.6. The number of nitrogens with zero attached hydrogens (tertiary/aromatic N) is 2. The van der Waals surface area contributed by atoms with Gasteiger partial charge in [-0.2, -0.15) is 0 Å². The van der Waals surface area contributed by atoms with Crippen LogP contribution in [0.15, 0.2) is 158 Å². The minimum atomic E-state index is -0.0853. The van der Waals surface area contributed by atoms with Gasteiger partial charge in [-0.1, -0.05) is 111 Å². The smallest absolute Gasteiger partial charge is 0.0541 e. The zero-order chi connectivity index (χ0) is 37.6. The second-order valence-electron chi connectivity index (χ2n) is 18.6. The molecule has 0 saturated heterocycles. The summed E-state index contributed by atoms with van der Waals surface area (Å²) in [6.45, 7) is 4.80. The summed E-state index contributed by atoms with van der Waals surface area (Å²) in [7, 11) is 0. The van der Waals surface area contributed by atoms with Crippen molar-refractivity contribution in [2.75, 3.05) is 4.90 Å². The zero-order valence-corrected chi connectivity index (χ0v) is 32.8. The van der Waals surface area contributed by atoms with Crippen LogP contribution >= 0.6 is 0 Å². The van der Waals surface area contributed by atoms with Gasteiger partial charge in [0.2, 0.25) is 0 Å². The molecular formula is C55H46N2. The predicted octanol–water partition coefficient (Wildman–Crippen LogP) is 14.3. The van der Waals surface area contributed by atoms with Gasteiger partial charge in [-0.25, -0.2) is 0 Å². The van der Waals surface area contributed by atoms with Gasteiger partial charge in [0.25, 0.3) is 0 Å². The first-order chi connectivity index (χ1) is 28.0. The molecule has 8 aromatic rings. The number of anilines is 3. The fourth-order valence-corrected chi connectivity index (χ4v) is 13.5. The lowest BCUT2D eigenvalue weighted by molar-refractivity contribution is -0.0399. The topological polar surface area (TPSA) is 8.17 Å². The summed E-state index contributed by atoms with van der Waals surface area (Å²) in [5.74, 6) is 3.29. The van der Waals surface area contributed by atoms with Crippen molar-refractivity contribution in [3.8, 4) is 27.9 Å². The van der Waals surface area contributed by atoms with Gasteiger partial charge >= 0.3 is 0 Å². The molecule has 14 rings (SSSR count). The average molecular weight is 735 g/mol. The van der Waals surface area contributed by atoms with Gasteiger partial charge < -0.3 is 9.47 Å². The fraction of sp³-hybridized carbons (Fsp3) is 0.236. The van der Waals surface area contributed by atoms with Gasteiger partial charge in [0.05, 0.1) is 11.0 Å². The Labute approximate surface area is 335 Å². The Morgan fingerprint density at radius 1 is 0.439 bits per heavy atom. The predicted molar refractivity (Wildman–Crippen MR) is 236 cm³/mol. The van der Waals surface area contributed by atoms with E-state index in [0.29, 0.717) is 0 Å². The van der Waals surface area contributed by atoms with Gasteiger partial charge in [-0.15, -0.1) is 0 Å². The molecule has 7 aromatic carbocycles. The zero-order valence-electron chi connectivity index (χ0n) is 32.8. The Morgan fingerprint density at radius 2 is 0.912 bits per heavy atom. The van der Waals surface area contributed by atoms with Gasteiger partial charge in [-0.05, 0) is 161 Å². The molecule has 1 aromatic heterocycles. The van der Waals surface area contributed by atoms with Crippen molar-refractivity contribution in [3.63, 3.8) is 0 Å². The van der Waals surface area contributed by atoms with Crippen molar-refractivity contribution in [3.05, 3.63) is 180 Å². The third-order valence-corrected chi connectivity index (χ3v) is 15.6. The summed E-state index contributed by atoms with van der Waals surface area (Å²) in [5.41, 5.74) is 19.0.